The zero-order chi connectivity index (χ0) is 13.9. The van der Waals surface area contributed by atoms with Gasteiger partial charge in [0, 0.05) is 10.0 Å². The summed E-state index contributed by atoms with van der Waals surface area (Å²) in [6, 6.07) is 3.19. The van der Waals surface area contributed by atoms with Crippen molar-refractivity contribution in [1.82, 2.24) is 0 Å². The van der Waals surface area contributed by atoms with Crippen LogP contribution in [0.4, 0.5) is 5.69 Å². The Balaban J connectivity index is 2.93. The maximum Gasteiger partial charge on any atom is 0.227 e. The maximum atomic E-state index is 11.3. The van der Waals surface area contributed by atoms with Gasteiger partial charge in [0.1, 0.15) is 0 Å². The van der Waals surface area contributed by atoms with Crippen LogP contribution in [0.5, 0.6) is 0 Å². The summed E-state index contributed by atoms with van der Waals surface area (Å²) in [7, 11) is 0. The molecule has 1 aromatic carbocycles. The van der Waals surface area contributed by atoms with Gasteiger partial charge < -0.3 is 0 Å². The van der Waals surface area contributed by atoms with Crippen molar-refractivity contribution in [2.24, 2.45) is 5.10 Å². The average Bonchev–Trinajstić information content (AvgIpc) is 2.30. The van der Waals surface area contributed by atoms with E-state index in [9.17, 15) is 4.79 Å². The number of rotatable bonds is 4. The molecule has 0 heterocycles. The van der Waals surface area contributed by atoms with Crippen molar-refractivity contribution < 1.29 is 4.79 Å². The van der Waals surface area contributed by atoms with E-state index >= 15 is 0 Å². The molecule has 8 heteroatoms. The summed E-state index contributed by atoms with van der Waals surface area (Å²) < 4.78 is 0. The Morgan fingerprint density at radius 2 is 1.94 bits per heavy atom. The summed E-state index contributed by atoms with van der Waals surface area (Å²) in [5.41, 5.74) is 3.82. The summed E-state index contributed by atoms with van der Waals surface area (Å²) in [4.78, 5) is 10.0. The Hall–Kier alpha value is -0.190. The second-order valence-electron chi connectivity index (χ2n) is 3.24. The van der Waals surface area contributed by atoms with Crippen molar-refractivity contribution in [1.29, 1.82) is 0 Å². The molecule has 3 nitrogen and oxygen atoms in total. The van der Waals surface area contributed by atoms with Crippen molar-refractivity contribution in [3.05, 3.63) is 27.7 Å². The number of nitrogens with zero attached hydrogens (tertiary/aromatic N) is 1. The molecule has 0 saturated heterocycles. The summed E-state index contributed by atoms with van der Waals surface area (Å²) in [5, 5.41) is 4.19. The largest absolute Gasteiger partial charge is 0.288 e. The Kier molecular flexibility index (Phi) is 6.02. The van der Waals surface area contributed by atoms with E-state index in [0.717, 1.165) is 5.56 Å². The van der Waals surface area contributed by atoms with Crippen LogP contribution in [0.3, 0.4) is 0 Å². The number of anilines is 1. The lowest BCUT2D eigenvalue weighted by Crippen LogP contribution is -2.16. The van der Waals surface area contributed by atoms with Gasteiger partial charge in [-0.05, 0) is 24.6 Å². The molecule has 0 radical (unpaired) electrons. The molecule has 1 N–H and O–H groups in total. The maximum absolute atomic E-state index is 11.3. The first-order valence-corrected chi connectivity index (χ1v) is 6.60. The van der Waals surface area contributed by atoms with Crippen LogP contribution in [0.25, 0.3) is 0 Å². The first-order chi connectivity index (χ1) is 8.32. The van der Waals surface area contributed by atoms with Crippen molar-refractivity contribution in [2.75, 3.05) is 5.43 Å². The van der Waals surface area contributed by atoms with Crippen LogP contribution in [0.1, 0.15) is 5.56 Å². The lowest BCUT2D eigenvalue weighted by atomic mass is 10.2. The number of hydrazone groups is 1. The molecule has 0 aromatic heterocycles. The lowest BCUT2D eigenvalue weighted by Gasteiger charge is -2.08. The number of benzene rings is 1. The molecule has 0 aliphatic carbocycles. The summed E-state index contributed by atoms with van der Waals surface area (Å²) in [6.07, 6.45) is 0. The number of hydrogen-bond donors (Lipinski definition) is 1. The third kappa shape index (κ3) is 4.18. The third-order valence-electron chi connectivity index (χ3n) is 1.99. The van der Waals surface area contributed by atoms with Gasteiger partial charge in [-0.15, -0.1) is 0 Å². The lowest BCUT2D eigenvalue weighted by molar-refractivity contribution is -0.111. The Labute approximate surface area is 129 Å². The van der Waals surface area contributed by atoms with Gasteiger partial charge in [-0.2, -0.15) is 5.10 Å². The predicted octanol–water partition coefficient (Wildman–Crippen LogP) is 4.64. The first-order valence-electron chi connectivity index (χ1n) is 4.60. The number of ketones is 1. The minimum Gasteiger partial charge on any atom is -0.288 e. The van der Waals surface area contributed by atoms with Gasteiger partial charge in [0.05, 0.1) is 5.69 Å². The summed E-state index contributed by atoms with van der Waals surface area (Å²) in [6.45, 7) is 1.76. The van der Waals surface area contributed by atoms with Gasteiger partial charge in [-0.3, -0.25) is 10.2 Å². The Morgan fingerprint density at radius 1 is 1.33 bits per heavy atom. The minimum atomic E-state index is -1.26. The van der Waals surface area contributed by atoms with E-state index in [1.165, 1.54) is 0 Å². The Morgan fingerprint density at radius 3 is 2.50 bits per heavy atom. The number of halogens is 5. The molecule has 0 aliphatic heterocycles. The molecule has 0 atom stereocenters. The van der Waals surface area contributed by atoms with Crippen LogP contribution in [0.15, 0.2) is 17.2 Å². The van der Waals surface area contributed by atoms with Gasteiger partial charge in [-0.25, -0.2) is 0 Å². The zero-order valence-electron chi connectivity index (χ0n) is 8.98. The second-order valence-corrected chi connectivity index (χ2v) is 5.54. The molecule has 0 unspecified atom stereocenters. The van der Waals surface area contributed by atoms with Crippen molar-refractivity contribution >= 4 is 74.6 Å². The van der Waals surface area contributed by atoms with Crippen LogP contribution in [0.2, 0.25) is 10.0 Å². The molecule has 0 spiro atoms. The molecule has 98 valence electrons. The number of hydrogen-bond acceptors (Lipinski definition) is 3. The normalized spacial score (nSPS) is 11.8. The van der Waals surface area contributed by atoms with E-state index in [0.29, 0.717) is 15.7 Å². The van der Waals surface area contributed by atoms with Crippen LogP contribution < -0.4 is 5.43 Å². The predicted molar refractivity (Wildman–Crippen MR) is 78.6 cm³/mol. The van der Waals surface area contributed by atoms with Crippen LogP contribution in [-0.4, -0.2) is 15.8 Å². The van der Waals surface area contributed by atoms with E-state index in [2.05, 4.69) is 10.5 Å². The third-order valence-corrected chi connectivity index (χ3v) is 3.26. The highest BCUT2D eigenvalue weighted by molar-refractivity contribution is 6.87. The van der Waals surface area contributed by atoms with Crippen molar-refractivity contribution in [2.45, 2.75) is 11.8 Å². The van der Waals surface area contributed by atoms with Crippen molar-refractivity contribution in [3.63, 3.8) is 0 Å². The van der Waals surface area contributed by atoms with Gasteiger partial charge in [-0.1, -0.05) is 58.0 Å². The number of carbonyl (C=O) groups excluding carboxylic acids is 1. The van der Waals surface area contributed by atoms with Crippen LogP contribution in [0, 0.1) is 6.92 Å². The zero-order valence-corrected chi connectivity index (χ0v) is 12.8. The standard InChI is InChI=1S/C10H7Cl5N2O/c1-4-6(12)2-5(11)3-7(4)16-17-10(15)8(18)9(13)14/h2-3,9,16H,1H3. The van der Waals surface area contributed by atoms with E-state index < -0.39 is 10.6 Å². The monoisotopic (exact) mass is 346 g/mol. The molecule has 18 heavy (non-hydrogen) atoms. The fraction of sp³-hybridized carbons (Fsp3) is 0.200. The topological polar surface area (TPSA) is 41.5 Å². The van der Waals surface area contributed by atoms with E-state index in [1.807, 2.05) is 0 Å². The molecule has 0 bridgehead atoms. The van der Waals surface area contributed by atoms with Crippen LogP contribution >= 0.6 is 58.0 Å². The summed E-state index contributed by atoms with van der Waals surface area (Å²) >= 11 is 28.1. The average molecular weight is 348 g/mol. The minimum absolute atomic E-state index is 0.361. The Bertz CT molecular complexity index is 501. The first kappa shape index (κ1) is 15.9. The number of carbonyl (C=O) groups is 1. The molecule has 1 rings (SSSR count). The molecule has 0 aliphatic rings. The van der Waals surface area contributed by atoms with E-state index in [-0.39, 0.29) is 5.17 Å². The summed E-state index contributed by atoms with van der Waals surface area (Å²) in [5.74, 6) is -0.696. The quantitative estimate of drug-likeness (QED) is 0.489. The fourth-order valence-electron chi connectivity index (χ4n) is 1.02. The smallest absolute Gasteiger partial charge is 0.227 e. The highest BCUT2D eigenvalue weighted by atomic mass is 35.5. The van der Waals surface area contributed by atoms with Crippen LogP contribution in [-0.2, 0) is 4.79 Å². The molecular formula is C10H7Cl5N2O. The number of nitrogens with one attached hydrogen (secondary N) is 1. The molecule has 0 amide bonds. The highest BCUT2D eigenvalue weighted by Crippen LogP contribution is 2.28. The molecule has 0 fully saturated rings. The van der Waals surface area contributed by atoms with E-state index in [1.54, 1.807) is 19.1 Å². The molecule has 1 aromatic rings. The van der Waals surface area contributed by atoms with Crippen molar-refractivity contribution in [3.8, 4) is 0 Å². The van der Waals surface area contributed by atoms with Gasteiger partial charge >= 0.3 is 0 Å². The van der Waals surface area contributed by atoms with E-state index in [4.69, 9.17) is 58.0 Å². The fourth-order valence-corrected chi connectivity index (χ4v) is 1.98. The second kappa shape index (κ2) is 6.83. The molecule has 0 saturated carbocycles. The highest BCUT2D eigenvalue weighted by Gasteiger charge is 2.17. The van der Waals surface area contributed by atoms with Gasteiger partial charge in [0.2, 0.25) is 5.78 Å². The van der Waals surface area contributed by atoms with Gasteiger partial charge in [0.15, 0.2) is 10.0 Å². The number of alkyl halides is 2. The molecular weight excluding hydrogens is 341 g/mol. The number of Topliss-reactive ketones (excluding diaryl/α,β-unsaturated/α-hetero) is 1. The van der Waals surface area contributed by atoms with Gasteiger partial charge in [0.25, 0.3) is 0 Å². The SMILES string of the molecule is Cc1c(Cl)cc(Cl)cc1NN=C(Cl)C(=O)C(Cl)Cl.